The topological polar surface area (TPSA) is 77.8 Å². The van der Waals surface area contributed by atoms with Gasteiger partial charge in [0.05, 0.1) is 18.5 Å². The van der Waals surface area contributed by atoms with Crippen LogP contribution in [0.3, 0.4) is 0 Å². The van der Waals surface area contributed by atoms with Crippen molar-refractivity contribution in [3.8, 4) is 0 Å². The molecular formula is C5H11NO4S. The third-order valence-electron chi connectivity index (χ3n) is 1.69. The summed E-state index contributed by atoms with van der Waals surface area (Å²) in [5.41, 5.74) is 0. The molecule has 0 aromatic heterocycles. The Morgan fingerprint density at radius 3 is 1.82 bits per heavy atom. The van der Waals surface area contributed by atoms with Crippen LogP contribution >= 0.6 is 0 Å². The molecule has 0 spiro atoms. The van der Waals surface area contributed by atoms with Crippen LogP contribution in [0.15, 0.2) is 0 Å². The molecule has 1 saturated heterocycles. The molecule has 0 bridgehead atoms. The average Bonchev–Trinajstić information content (AvgIpc) is 2.11. The molecule has 0 radical (unpaired) electrons. The number of hydrogen-bond acceptors (Lipinski definition) is 4. The van der Waals surface area contributed by atoms with Gasteiger partial charge in [0.25, 0.3) is 0 Å². The van der Waals surface area contributed by atoms with E-state index in [0.29, 0.717) is 0 Å². The second-order valence-corrected chi connectivity index (χ2v) is 4.70. The van der Waals surface area contributed by atoms with Crippen molar-refractivity contribution in [1.82, 2.24) is 4.31 Å². The van der Waals surface area contributed by atoms with Gasteiger partial charge in [-0.2, -0.15) is 4.31 Å². The maximum atomic E-state index is 10.8. The smallest absolute Gasteiger partial charge is 0.211 e. The van der Waals surface area contributed by atoms with Gasteiger partial charge in [-0.1, -0.05) is 0 Å². The Labute approximate surface area is 65.3 Å². The maximum Gasteiger partial charge on any atom is 0.211 e. The van der Waals surface area contributed by atoms with Crippen LogP contribution < -0.4 is 0 Å². The van der Waals surface area contributed by atoms with Crippen LogP contribution in [0.1, 0.15) is 0 Å². The molecule has 1 heterocycles. The van der Waals surface area contributed by atoms with E-state index in [4.69, 9.17) is 10.2 Å². The summed E-state index contributed by atoms with van der Waals surface area (Å²) in [6.07, 6.45) is -0.827. The number of aliphatic hydroxyl groups excluding tert-OH is 2. The van der Waals surface area contributed by atoms with Crippen molar-refractivity contribution < 1.29 is 18.6 Å². The Morgan fingerprint density at radius 1 is 1.27 bits per heavy atom. The number of β-amino-alcohol motifs (C(OH)–C–C–N with tert-alkyl or cyclic N) is 2. The quantitative estimate of drug-likeness (QED) is 0.489. The molecule has 0 aromatic rings. The zero-order chi connectivity index (χ0) is 8.65. The molecule has 1 fully saturated rings. The van der Waals surface area contributed by atoms with Gasteiger partial charge in [0, 0.05) is 13.1 Å². The van der Waals surface area contributed by atoms with E-state index >= 15 is 0 Å². The van der Waals surface area contributed by atoms with Gasteiger partial charge >= 0.3 is 0 Å². The van der Waals surface area contributed by atoms with Gasteiger partial charge in [0.1, 0.15) is 0 Å². The highest BCUT2D eigenvalue weighted by molar-refractivity contribution is 7.88. The van der Waals surface area contributed by atoms with E-state index in [2.05, 4.69) is 0 Å². The van der Waals surface area contributed by atoms with E-state index in [0.717, 1.165) is 10.6 Å². The van der Waals surface area contributed by atoms with E-state index in [1.807, 2.05) is 0 Å². The van der Waals surface area contributed by atoms with Gasteiger partial charge in [-0.05, 0) is 0 Å². The monoisotopic (exact) mass is 181 g/mol. The molecule has 1 aliphatic rings. The van der Waals surface area contributed by atoms with Gasteiger partial charge in [0.15, 0.2) is 0 Å². The van der Waals surface area contributed by atoms with Gasteiger partial charge in [-0.15, -0.1) is 0 Å². The van der Waals surface area contributed by atoms with Crippen molar-refractivity contribution in [3.05, 3.63) is 0 Å². The predicted octanol–water partition coefficient (Wildman–Crippen LogP) is -2.02. The lowest BCUT2D eigenvalue weighted by atomic mass is 10.3. The van der Waals surface area contributed by atoms with E-state index in [-0.39, 0.29) is 13.1 Å². The molecule has 2 N–H and O–H groups in total. The fourth-order valence-corrected chi connectivity index (χ4v) is 1.85. The highest BCUT2D eigenvalue weighted by Crippen LogP contribution is 2.12. The predicted molar refractivity (Wildman–Crippen MR) is 38.4 cm³/mol. The molecule has 1 aliphatic heterocycles. The van der Waals surface area contributed by atoms with E-state index < -0.39 is 22.2 Å². The van der Waals surface area contributed by atoms with Crippen molar-refractivity contribution in [2.45, 2.75) is 12.2 Å². The average molecular weight is 181 g/mol. The molecule has 11 heavy (non-hydrogen) atoms. The first-order valence-electron chi connectivity index (χ1n) is 3.22. The zero-order valence-electron chi connectivity index (χ0n) is 6.14. The third-order valence-corrected chi connectivity index (χ3v) is 2.93. The molecule has 1 rings (SSSR count). The first-order chi connectivity index (χ1) is 4.91. The number of aliphatic hydroxyl groups is 2. The summed E-state index contributed by atoms with van der Waals surface area (Å²) in [7, 11) is -3.26. The minimum atomic E-state index is -3.26. The summed E-state index contributed by atoms with van der Waals surface area (Å²) in [4.78, 5) is 0. The lowest BCUT2D eigenvalue weighted by Crippen LogP contribution is -2.28. The lowest BCUT2D eigenvalue weighted by Gasteiger charge is -2.10. The molecule has 0 saturated carbocycles. The molecule has 6 heteroatoms. The number of rotatable bonds is 1. The molecule has 0 aliphatic carbocycles. The van der Waals surface area contributed by atoms with Crippen LogP contribution in [-0.2, 0) is 10.0 Å². The fraction of sp³-hybridized carbons (Fsp3) is 1.00. The molecule has 0 aromatic carbocycles. The Hall–Kier alpha value is -0.170. The van der Waals surface area contributed by atoms with Crippen LogP contribution in [0, 0.1) is 0 Å². The first-order valence-corrected chi connectivity index (χ1v) is 5.07. The minimum absolute atomic E-state index is 0.000000000000000222. The SMILES string of the molecule is CS(=O)(=O)N1CC(O)C(O)C1. The highest BCUT2D eigenvalue weighted by atomic mass is 32.2. The van der Waals surface area contributed by atoms with Crippen molar-refractivity contribution in [2.75, 3.05) is 19.3 Å². The second-order valence-electron chi connectivity index (χ2n) is 2.71. The van der Waals surface area contributed by atoms with Crippen molar-refractivity contribution in [3.63, 3.8) is 0 Å². The van der Waals surface area contributed by atoms with Crippen LogP contribution in [0.25, 0.3) is 0 Å². The van der Waals surface area contributed by atoms with Crippen LogP contribution in [0.5, 0.6) is 0 Å². The summed E-state index contributed by atoms with van der Waals surface area (Å²) in [5.74, 6) is 0. The van der Waals surface area contributed by atoms with Crippen molar-refractivity contribution >= 4 is 10.0 Å². The molecule has 2 atom stereocenters. The van der Waals surface area contributed by atoms with E-state index in [1.165, 1.54) is 0 Å². The first kappa shape index (κ1) is 8.92. The van der Waals surface area contributed by atoms with Gasteiger partial charge < -0.3 is 10.2 Å². The standard InChI is InChI=1S/C5H11NO4S/c1-11(9,10)6-2-4(7)5(8)3-6/h4-5,7-8H,2-3H2,1H3. The van der Waals surface area contributed by atoms with Crippen molar-refractivity contribution in [2.24, 2.45) is 0 Å². The Kier molecular flexibility index (Phi) is 2.19. The third kappa shape index (κ3) is 1.90. The lowest BCUT2D eigenvalue weighted by molar-refractivity contribution is 0.0572. The van der Waals surface area contributed by atoms with Gasteiger partial charge in [0.2, 0.25) is 10.0 Å². The van der Waals surface area contributed by atoms with Crippen LogP contribution in [0.4, 0.5) is 0 Å². The summed E-state index contributed by atoms with van der Waals surface area (Å²) >= 11 is 0. The summed E-state index contributed by atoms with van der Waals surface area (Å²) in [5, 5.41) is 18.0. The highest BCUT2D eigenvalue weighted by Gasteiger charge is 2.34. The Bertz CT molecular complexity index is 227. The normalized spacial score (nSPS) is 34.5. The fourth-order valence-electron chi connectivity index (χ4n) is 1.01. The van der Waals surface area contributed by atoms with Crippen LogP contribution in [0.2, 0.25) is 0 Å². The molecular weight excluding hydrogens is 170 g/mol. The number of sulfonamides is 1. The van der Waals surface area contributed by atoms with Crippen LogP contribution in [-0.4, -0.2) is 54.5 Å². The molecule has 5 nitrogen and oxygen atoms in total. The Balaban J connectivity index is 2.69. The number of hydrogen-bond donors (Lipinski definition) is 2. The minimum Gasteiger partial charge on any atom is -0.389 e. The zero-order valence-corrected chi connectivity index (χ0v) is 6.95. The van der Waals surface area contributed by atoms with E-state index in [9.17, 15) is 8.42 Å². The Morgan fingerprint density at radius 2 is 1.64 bits per heavy atom. The molecule has 2 unspecified atom stereocenters. The van der Waals surface area contributed by atoms with Crippen molar-refractivity contribution in [1.29, 1.82) is 0 Å². The van der Waals surface area contributed by atoms with E-state index in [1.54, 1.807) is 0 Å². The summed E-state index contributed by atoms with van der Waals surface area (Å²) in [6.45, 7) is 0.000000000000000444. The summed E-state index contributed by atoms with van der Waals surface area (Å²) in [6, 6.07) is 0. The van der Waals surface area contributed by atoms with Gasteiger partial charge in [-0.3, -0.25) is 0 Å². The maximum absolute atomic E-state index is 10.8. The molecule has 66 valence electrons. The summed E-state index contributed by atoms with van der Waals surface area (Å²) < 4.78 is 22.7. The largest absolute Gasteiger partial charge is 0.389 e. The molecule has 0 amide bonds. The van der Waals surface area contributed by atoms with Gasteiger partial charge in [-0.25, -0.2) is 8.42 Å². The second kappa shape index (κ2) is 2.71. The number of nitrogens with zero attached hydrogens (tertiary/aromatic N) is 1.